The molecule has 0 radical (unpaired) electrons. The summed E-state index contributed by atoms with van der Waals surface area (Å²) >= 11 is 0. The summed E-state index contributed by atoms with van der Waals surface area (Å²) < 4.78 is 30.0. The van der Waals surface area contributed by atoms with Gasteiger partial charge in [-0.25, -0.2) is 0 Å². The van der Waals surface area contributed by atoms with Gasteiger partial charge in [0.2, 0.25) is 0 Å². The first kappa shape index (κ1) is 39.4. The molecule has 1 saturated heterocycles. The zero-order valence-corrected chi connectivity index (χ0v) is 29.8. The molecule has 2 rings (SSSR count). The van der Waals surface area contributed by atoms with Crippen molar-refractivity contribution in [3.05, 3.63) is 42.0 Å². The third-order valence-corrected chi connectivity index (χ3v) is 6.95. The number of nitriles is 1. The number of nitrogens with one attached hydrogen (secondary N) is 1. The molecule has 1 aromatic carbocycles. The molecular formula is C36H52N2O9. The molecule has 1 aromatic rings. The largest absolute Gasteiger partial charge is 0.462 e. The Morgan fingerprint density at radius 3 is 1.64 bits per heavy atom. The summed E-state index contributed by atoms with van der Waals surface area (Å²) in [5.74, 6) is -2.51. The number of rotatable bonds is 9. The fraction of sp³-hybridized carbons (Fsp3) is 0.639. The van der Waals surface area contributed by atoms with E-state index in [-0.39, 0.29) is 0 Å². The van der Waals surface area contributed by atoms with Crippen LogP contribution < -0.4 is 5.32 Å². The highest BCUT2D eigenvalue weighted by Gasteiger charge is 2.54. The van der Waals surface area contributed by atoms with E-state index in [9.17, 15) is 24.4 Å². The molecule has 1 aliphatic rings. The van der Waals surface area contributed by atoms with Gasteiger partial charge in [0, 0.05) is 0 Å². The zero-order valence-electron chi connectivity index (χ0n) is 29.8. The van der Waals surface area contributed by atoms with E-state index in [1.54, 1.807) is 95.2 Å². The van der Waals surface area contributed by atoms with Crippen LogP contribution in [0.3, 0.4) is 0 Å². The van der Waals surface area contributed by atoms with E-state index in [1.165, 1.54) is 0 Å². The summed E-state index contributed by atoms with van der Waals surface area (Å²) in [7, 11) is 0. The van der Waals surface area contributed by atoms with Crippen LogP contribution in [0.2, 0.25) is 0 Å². The highest BCUT2D eigenvalue weighted by molar-refractivity contribution is 5.78. The fourth-order valence-electron chi connectivity index (χ4n) is 3.95. The van der Waals surface area contributed by atoms with Crippen molar-refractivity contribution in [1.82, 2.24) is 5.32 Å². The van der Waals surface area contributed by atoms with Crippen LogP contribution in [0.4, 0.5) is 0 Å². The second kappa shape index (κ2) is 15.4. The van der Waals surface area contributed by atoms with Gasteiger partial charge < -0.3 is 23.7 Å². The molecule has 1 aliphatic heterocycles. The lowest BCUT2D eigenvalue weighted by atomic mass is 9.92. The number of nitrogens with zero attached hydrogens (tertiary/aromatic N) is 1. The summed E-state index contributed by atoms with van der Waals surface area (Å²) in [6, 6.07) is 10.5. The van der Waals surface area contributed by atoms with Crippen LogP contribution >= 0.6 is 0 Å². The average molecular weight is 657 g/mol. The van der Waals surface area contributed by atoms with Crippen LogP contribution in [-0.2, 0) is 42.9 Å². The van der Waals surface area contributed by atoms with Crippen LogP contribution in [0.1, 0.15) is 88.6 Å². The quantitative estimate of drug-likeness (QED) is 0.270. The first-order valence-electron chi connectivity index (χ1n) is 15.8. The van der Waals surface area contributed by atoms with Crippen molar-refractivity contribution in [2.24, 2.45) is 21.7 Å². The van der Waals surface area contributed by atoms with Crippen molar-refractivity contribution >= 4 is 30.0 Å². The standard InChI is InChI=1S/C36H52N2O9/c1-33(2,3)29(39)43-21-24-25(45-30(40)34(4,5)6)26(46-31(41)35(7,8)9)27(47-32(42)36(10,11)12)28(44-24)38-23(20-37)19-18-22-16-14-13-15-17-22/h13-19,23-28,38H,21H2,1-12H3/b19-18+/t23-,24-,25-,26+,27-,28-/m1/s1. The van der Waals surface area contributed by atoms with E-state index in [0.29, 0.717) is 0 Å². The maximum absolute atomic E-state index is 13.4. The van der Waals surface area contributed by atoms with E-state index in [2.05, 4.69) is 11.4 Å². The molecule has 6 atom stereocenters. The minimum absolute atomic E-state index is 0.392. The lowest BCUT2D eigenvalue weighted by molar-refractivity contribution is -0.265. The second-order valence-corrected chi connectivity index (χ2v) is 15.8. The van der Waals surface area contributed by atoms with Gasteiger partial charge in [-0.05, 0) is 88.6 Å². The topological polar surface area (TPSA) is 150 Å². The Kier molecular flexibility index (Phi) is 12.9. The first-order chi connectivity index (χ1) is 21.4. The molecule has 11 nitrogen and oxygen atoms in total. The Hall–Kier alpha value is -3.75. The Morgan fingerprint density at radius 1 is 0.745 bits per heavy atom. The van der Waals surface area contributed by atoms with Crippen LogP contribution in [0, 0.1) is 33.0 Å². The van der Waals surface area contributed by atoms with Gasteiger partial charge >= 0.3 is 23.9 Å². The lowest BCUT2D eigenvalue weighted by Crippen LogP contribution is -2.67. The van der Waals surface area contributed by atoms with Crippen molar-refractivity contribution < 1.29 is 42.9 Å². The highest BCUT2D eigenvalue weighted by Crippen LogP contribution is 2.33. The molecule has 0 saturated carbocycles. The third kappa shape index (κ3) is 11.8. The van der Waals surface area contributed by atoms with Crippen molar-refractivity contribution in [2.45, 2.75) is 120 Å². The van der Waals surface area contributed by atoms with Crippen molar-refractivity contribution in [3.8, 4) is 6.07 Å². The monoisotopic (exact) mass is 656 g/mol. The summed E-state index contributed by atoms with van der Waals surface area (Å²) in [5.41, 5.74) is -2.98. The number of benzene rings is 1. The number of ether oxygens (including phenoxy) is 5. The predicted octanol–water partition coefficient (Wildman–Crippen LogP) is 5.37. The van der Waals surface area contributed by atoms with E-state index >= 15 is 0 Å². The van der Waals surface area contributed by atoms with Crippen molar-refractivity contribution in [2.75, 3.05) is 6.61 Å². The Labute approximate surface area is 279 Å². The summed E-state index contributed by atoms with van der Waals surface area (Å²) in [6.07, 6.45) is -3.28. The number of esters is 4. The van der Waals surface area contributed by atoms with E-state index in [4.69, 9.17) is 23.7 Å². The van der Waals surface area contributed by atoms with Crippen LogP contribution in [0.15, 0.2) is 36.4 Å². The van der Waals surface area contributed by atoms with Crippen molar-refractivity contribution in [1.29, 1.82) is 5.26 Å². The molecule has 1 N–H and O–H groups in total. The minimum Gasteiger partial charge on any atom is -0.462 e. The van der Waals surface area contributed by atoms with E-state index in [0.717, 1.165) is 5.56 Å². The highest BCUT2D eigenvalue weighted by atomic mass is 16.7. The van der Waals surface area contributed by atoms with E-state index in [1.807, 2.05) is 30.3 Å². The van der Waals surface area contributed by atoms with Gasteiger partial charge in [0.25, 0.3) is 0 Å². The summed E-state index contributed by atoms with van der Waals surface area (Å²) in [6.45, 7) is 19.6. The van der Waals surface area contributed by atoms with Crippen molar-refractivity contribution in [3.63, 3.8) is 0 Å². The molecular weight excluding hydrogens is 604 g/mol. The summed E-state index contributed by atoms with van der Waals surface area (Å²) in [4.78, 5) is 52.9. The second-order valence-electron chi connectivity index (χ2n) is 15.8. The lowest BCUT2D eigenvalue weighted by Gasteiger charge is -2.46. The third-order valence-electron chi connectivity index (χ3n) is 6.95. The number of carbonyl (C=O) groups excluding carboxylic acids is 4. The van der Waals surface area contributed by atoms with Gasteiger partial charge in [-0.1, -0.05) is 42.5 Å². The van der Waals surface area contributed by atoms with Gasteiger partial charge in [0.1, 0.15) is 18.8 Å². The van der Waals surface area contributed by atoms with Crippen LogP contribution in [-0.4, -0.2) is 67.2 Å². The first-order valence-corrected chi connectivity index (χ1v) is 15.8. The fourth-order valence-corrected chi connectivity index (χ4v) is 3.95. The molecule has 260 valence electrons. The molecule has 1 fully saturated rings. The van der Waals surface area contributed by atoms with E-state index < -0.39 is 88.8 Å². The zero-order chi connectivity index (χ0) is 36.0. The molecule has 47 heavy (non-hydrogen) atoms. The maximum Gasteiger partial charge on any atom is 0.311 e. The molecule has 0 aromatic heterocycles. The molecule has 0 amide bonds. The van der Waals surface area contributed by atoms with Gasteiger partial charge in [-0.2, -0.15) is 5.26 Å². The Bertz CT molecular complexity index is 1320. The van der Waals surface area contributed by atoms with Gasteiger partial charge in [-0.3, -0.25) is 24.5 Å². The predicted molar refractivity (Wildman–Crippen MR) is 175 cm³/mol. The summed E-state index contributed by atoms with van der Waals surface area (Å²) in [5, 5.41) is 13.1. The number of hydrogen-bond acceptors (Lipinski definition) is 11. The normalized spacial score (nSPS) is 22.9. The molecule has 0 spiro atoms. The molecule has 0 bridgehead atoms. The Balaban J connectivity index is 2.71. The van der Waals surface area contributed by atoms with Gasteiger partial charge in [-0.15, -0.1) is 0 Å². The number of hydrogen-bond donors (Lipinski definition) is 1. The van der Waals surface area contributed by atoms with Gasteiger partial charge in [0.15, 0.2) is 24.5 Å². The molecule has 0 unspecified atom stereocenters. The average Bonchev–Trinajstić information content (AvgIpc) is 2.94. The van der Waals surface area contributed by atoms with Crippen LogP contribution in [0.5, 0.6) is 0 Å². The Morgan fingerprint density at radius 2 is 1.19 bits per heavy atom. The van der Waals surface area contributed by atoms with Gasteiger partial charge in [0.05, 0.1) is 27.7 Å². The smallest absolute Gasteiger partial charge is 0.311 e. The SMILES string of the molecule is CC(C)(C)C(=O)OC[C@H]1O[C@@H](N[C@@H](C#N)/C=C/c2ccccc2)[C@H](OC(=O)C(C)(C)C)[C@@H](OC(=O)C(C)(C)C)[C@@H]1OC(=O)C(C)(C)C. The van der Waals surface area contributed by atoms with Crippen LogP contribution in [0.25, 0.3) is 6.08 Å². The molecule has 0 aliphatic carbocycles. The number of carbonyl (C=O) groups is 4. The minimum atomic E-state index is -1.42. The maximum atomic E-state index is 13.4. The molecule has 11 heteroatoms. The molecule has 1 heterocycles.